The van der Waals surface area contributed by atoms with Crippen molar-refractivity contribution in [2.45, 2.75) is 12.5 Å². The van der Waals surface area contributed by atoms with Gasteiger partial charge < -0.3 is 19.9 Å². The molecule has 1 aromatic carbocycles. The monoisotopic (exact) mass is 263 g/mol. The first kappa shape index (κ1) is 12.4. The Bertz CT molecular complexity index is 482. The lowest BCUT2D eigenvalue weighted by molar-refractivity contribution is 0.0913. The van der Waals surface area contributed by atoms with Crippen LogP contribution < -0.4 is 10.1 Å². The van der Waals surface area contributed by atoms with Gasteiger partial charge in [-0.2, -0.15) is 0 Å². The Morgan fingerprint density at radius 1 is 1.37 bits per heavy atom. The minimum absolute atomic E-state index is 0.104. The lowest BCUT2D eigenvalue weighted by Crippen LogP contribution is -2.24. The van der Waals surface area contributed by atoms with Crippen LogP contribution in [-0.4, -0.2) is 37.4 Å². The van der Waals surface area contributed by atoms with Crippen LogP contribution in [0.1, 0.15) is 28.4 Å². The molecule has 2 N–H and O–H groups in total. The molecule has 2 atom stereocenters. The molecular formula is C14H17NO4. The Morgan fingerprint density at radius 3 is 3.05 bits per heavy atom. The van der Waals surface area contributed by atoms with E-state index in [9.17, 15) is 9.90 Å². The summed E-state index contributed by atoms with van der Waals surface area (Å²) in [7, 11) is 0. The minimum Gasteiger partial charge on any atom is -0.491 e. The van der Waals surface area contributed by atoms with E-state index in [1.54, 1.807) is 12.1 Å². The quantitative estimate of drug-likeness (QED) is 0.831. The maximum absolute atomic E-state index is 11.9. The van der Waals surface area contributed by atoms with Crippen molar-refractivity contribution in [1.82, 2.24) is 5.32 Å². The second-order valence-electron chi connectivity index (χ2n) is 4.93. The van der Waals surface area contributed by atoms with Crippen molar-refractivity contribution >= 4 is 5.91 Å². The summed E-state index contributed by atoms with van der Waals surface area (Å²) in [6.45, 7) is 2.23. The predicted octanol–water partition coefficient (Wildman–Crippen LogP) is 0.879. The van der Waals surface area contributed by atoms with E-state index in [2.05, 4.69) is 5.32 Å². The fraction of sp³-hybridized carbons (Fsp3) is 0.500. The normalized spacial score (nSPS) is 24.1. The second-order valence-corrected chi connectivity index (χ2v) is 4.93. The molecule has 0 aromatic heterocycles. The van der Waals surface area contributed by atoms with Crippen molar-refractivity contribution in [2.75, 3.05) is 26.4 Å². The van der Waals surface area contributed by atoms with Crippen molar-refractivity contribution < 1.29 is 19.4 Å². The Morgan fingerprint density at radius 2 is 2.26 bits per heavy atom. The summed E-state index contributed by atoms with van der Waals surface area (Å²) >= 11 is 0. The molecule has 2 unspecified atom stereocenters. The minimum atomic E-state index is -0.594. The second kappa shape index (κ2) is 5.19. The lowest BCUT2D eigenvalue weighted by atomic mass is 9.94. The highest BCUT2D eigenvalue weighted by Gasteiger charge is 2.27. The first-order valence-corrected chi connectivity index (χ1v) is 6.56. The lowest BCUT2D eigenvalue weighted by Gasteiger charge is -2.18. The molecule has 1 fully saturated rings. The number of carbonyl (C=O) groups is 1. The summed E-state index contributed by atoms with van der Waals surface area (Å²) in [4.78, 5) is 11.9. The number of aliphatic hydroxyl groups excluding tert-OH is 1. The van der Waals surface area contributed by atoms with Crippen molar-refractivity contribution in [1.29, 1.82) is 0 Å². The van der Waals surface area contributed by atoms with Gasteiger partial charge in [0.15, 0.2) is 0 Å². The molecule has 102 valence electrons. The third kappa shape index (κ3) is 2.43. The Balaban J connectivity index is 1.89. The molecule has 5 nitrogen and oxygen atoms in total. The van der Waals surface area contributed by atoms with Crippen LogP contribution in [0, 0.1) is 5.92 Å². The zero-order chi connectivity index (χ0) is 13.2. The van der Waals surface area contributed by atoms with E-state index in [0.29, 0.717) is 37.7 Å². The highest BCUT2D eigenvalue weighted by Crippen LogP contribution is 2.31. The predicted molar refractivity (Wildman–Crippen MR) is 68.2 cm³/mol. The third-order valence-electron chi connectivity index (χ3n) is 3.65. The summed E-state index contributed by atoms with van der Waals surface area (Å²) in [5, 5.41) is 13.1. The summed E-state index contributed by atoms with van der Waals surface area (Å²) in [5.74, 6) is 0.533. The third-order valence-corrected chi connectivity index (χ3v) is 3.65. The molecule has 2 aliphatic heterocycles. The van der Waals surface area contributed by atoms with Crippen molar-refractivity contribution in [3.8, 4) is 5.75 Å². The van der Waals surface area contributed by atoms with Gasteiger partial charge in [-0.05, 0) is 24.1 Å². The number of rotatable bonds is 2. The Hall–Kier alpha value is -1.59. The van der Waals surface area contributed by atoms with E-state index in [1.165, 1.54) is 0 Å². The number of carbonyl (C=O) groups excluding carboxylic acids is 1. The van der Waals surface area contributed by atoms with Crippen molar-refractivity contribution in [3.05, 3.63) is 29.3 Å². The SMILES string of the molecule is O=C1NCCOc2ccc(C(O)C3CCOC3)cc21. The highest BCUT2D eigenvalue weighted by atomic mass is 16.5. The summed E-state index contributed by atoms with van der Waals surface area (Å²) < 4.78 is 10.8. The largest absolute Gasteiger partial charge is 0.491 e. The average Bonchev–Trinajstić information content (AvgIpc) is 2.90. The topological polar surface area (TPSA) is 67.8 Å². The summed E-state index contributed by atoms with van der Waals surface area (Å²) in [5.41, 5.74) is 1.24. The van der Waals surface area contributed by atoms with Gasteiger partial charge >= 0.3 is 0 Å². The maximum Gasteiger partial charge on any atom is 0.255 e. The van der Waals surface area contributed by atoms with Gasteiger partial charge in [-0.15, -0.1) is 0 Å². The fourth-order valence-electron chi connectivity index (χ4n) is 2.53. The highest BCUT2D eigenvalue weighted by molar-refractivity contribution is 5.97. The Labute approximate surface area is 111 Å². The number of nitrogens with one attached hydrogen (secondary N) is 1. The van der Waals surface area contributed by atoms with E-state index < -0.39 is 6.10 Å². The number of ether oxygens (including phenoxy) is 2. The molecule has 0 aliphatic carbocycles. The zero-order valence-electron chi connectivity index (χ0n) is 10.6. The molecular weight excluding hydrogens is 246 g/mol. The van der Waals surface area contributed by atoms with Gasteiger partial charge in [-0.25, -0.2) is 0 Å². The number of hydrogen-bond donors (Lipinski definition) is 2. The van der Waals surface area contributed by atoms with Gasteiger partial charge in [-0.3, -0.25) is 4.79 Å². The Kier molecular flexibility index (Phi) is 3.40. The van der Waals surface area contributed by atoms with Gasteiger partial charge in [0.1, 0.15) is 12.4 Å². The molecule has 1 amide bonds. The van der Waals surface area contributed by atoms with Crippen LogP contribution in [0.4, 0.5) is 0 Å². The van der Waals surface area contributed by atoms with Gasteiger partial charge in [0, 0.05) is 12.5 Å². The molecule has 0 bridgehead atoms. The van der Waals surface area contributed by atoms with Crippen LogP contribution in [0.25, 0.3) is 0 Å². The van der Waals surface area contributed by atoms with Crippen LogP contribution in [0.15, 0.2) is 18.2 Å². The fourth-order valence-corrected chi connectivity index (χ4v) is 2.53. The van der Waals surface area contributed by atoms with Crippen LogP contribution in [-0.2, 0) is 4.74 Å². The number of hydrogen-bond acceptors (Lipinski definition) is 4. The van der Waals surface area contributed by atoms with E-state index >= 15 is 0 Å². The molecule has 0 saturated carbocycles. The van der Waals surface area contributed by atoms with Crippen molar-refractivity contribution in [2.24, 2.45) is 5.92 Å². The van der Waals surface area contributed by atoms with Gasteiger partial charge in [0.2, 0.25) is 0 Å². The first-order valence-electron chi connectivity index (χ1n) is 6.56. The molecule has 19 heavy (non-hydrogen) atoms. The van der Waals surface area contributed by atoms with Crippen LogP contribution in [0.3, 0.4) is 0 Å². The number of aliphatic hydroxyl groups is 1. The van der Waals surface area contributed by atoms with E-state index in [1.807, 2.05) is 6.07 Å². The molecule has 0 spiro atoms. The van der Waals surface area contributed by atoms with Crippen LogP contribution in [0.2, 0.25) is 0 Å². The number of amides is 1. The smallest absolute Gasteiger partial charge is 0.255 e. The first-order chi connectivity index (χ1) is 9.25. The summed E-state index contributed by atoms with van der Waals surface area (Å²) in [6, 6.07) is 5.30. The number of fused-ring (bicyclic) bond motifs is 1. The molecule has 3 rings (SSSR count). The molecule has 2 heterocycles. The maximum atomic E-state index is 11.9. The summed E-state index contributed by atoms with van der Waals surface area (Å²) in [6.07, 6.45) is 0.255. The van der Waals surface area contributed by atoms with Gasteiger partial charge in [0.25, 0.3) is 5.91 Å². The average molecular weight is 263 g/mol. The van der Waals surface area contributed by atoms with E-state index in [4.69, 9.17) is 9.47 Å². The van der Waals surface area contributed by atoms with Crippen LogP contribution >= 0.6 is 0 Å². The van der Waals surface area contributed by atoms with E-state index in [-0.39, 0.29) is 11.8 Å². The molecule has 1 saturated heterocycles. The molecule has 1 aromatic rings. The molecule has 0 radical (unpaired) electrons. The van der Waals surface area contributed by atoms with Gasteiger partial charge in [0.05, 0.1) is 24.8 Å². The zero-order valence-corrected chi connectivity index (χ0v) is 10.6. The standard InChI is InChI=1S/C14H17NO4/c16-13(10-3-5-18-8-10)9-1-2-12-11(7-9)14(17)15-4-6-19-12/h1-2,7,10,13,16H,3-6,8H2,(H,15,17). The van der Waals surface area contributed by atoms with Crippen LogP contribution in [0.5, 0.6) is 5.75 Å². The molecule has 2 aliphatic rings. The van der Waals surface area contributed by atoms with E-state index in [0.717, 1.165) is 12.0 Å². The van der Waals surface area contributed by atoms with Crippen molar-refractivity contribution in [3.63, 3.8) is 0 Å². The molecule has 5 heteroatoms. The van der Waals surface area contributed by atoms with Gasteiger partial charge in [-0.1, -0.05) is 6.07 Å². The number of benzene rings is 1.